The second kappa shape index (κ2) is 7.32. The molecule has 6 nitrogen and oxygen atoms in total. The Balaban J connectivity index is 1.75. The fraction of sp³-hybridized carbons (Fsp3) is 0.320. The maximum atomic E-state index is 13.1. The number of rotatable bonds is 3. The molecule has 1 aliphatic rings. The van der Waals surface area contributed by atoms with Crippen LogP contribution in [0.15, 0.2) is 64.5 Å². The average Bonchev–Trinajstić information content (AvgIpc) is 3.44. The molecule has 3 heterocycles. The maximum absolute atomic E-state index is 13.1. The van der Waals surface area contributed by atoms with Crippen molar-refractivity contribution in [1.82, 2.24) is 13.9 Å². The lowest BCUT2D eigenvalue weighted by atomic mass is 9.85. The topological polar surface area (TPSA) is 75.2 Å². The van der Waals surface area contributed by atoms with Crippen LogP contribution in [0.4, 0.5) is 0 Å². The lowest BCUT2D eigenvalue weighted by Gasteiger charge is -2.25. The highest BCUT2D eigenvalue weighted by molar-refractivity contribution is 7.89. The van der Waals surface area contributed by atoms with E-state index < -0.39 is 10.0 Å². The Morgan fingerprint density at radius 1 is 0.969 bits per heavy atom. The van der Waals surface area contributed by atoms with Crippen LogP contribution < -0.4 is 5.43 Å². The molecule has 166 valence electrons. The van der Waals surface area contributed by atoms with Crippen molar-refractivity contribution in [3.63, 3.8) is 0 Å². The summed E-state index contributed by atoms with van der Waals surface area (Å²) < 4.78 is 29.6. The number of fused-ring (bicyclic) bond motifs is 2. The smallest absolute Gasteiger partial charge is 0.243 e. The van der Waals surface area contributed by atoms with E-state index in [1.807, 2.05) is 16.8 Å². The molecule has 0 aliphatic carbocycles. The van der Waals surface area contributed by atoms with Crippen LogP contribution in [0.25, 0.3) is 27.5 Å². The van der Waals surface area contributed by atoms with Gasteiger partial charge in [-0.25, -0.2) is 8.42 Å². The molecule has 0 atom stereocenters. The summed E-state index contributed by atoms with van der Waals surface area (Å²) in [6.45, 7) is 7.55. The van der Waals surface area contributed by atoms with Gasteiger partial charge in [0.2, 0.25) is 10.0 Å². The first-order valence-corrected chi connectivity index (χ1v) is 12.4. The third-order valence-electron chi connectivity index (χ3n) is 6.31. The molecule has 1 saturated heterocycles. The molecule has 1 N–H and O–H groups in total. The Labute approximate surface area is 187 Å². The van der Waals surface area contributed by atoms with E-state index in [-0.39, 0.29) is 15.7 Å². The van der Waals surface area contributed by atoms with Crippen molar-refractivity contribution in [2.45, 2.75) is 43.9 Å². The molecule has 0 amide bonds. The minimum absolute atomic E-state index is 0.130. The van der Waals surface area contributed by atoms with Crippen LogP contribution in [-0.2, 0) is 15.4 Å². The van der Waals surface area contributed by atoms with Gasteiger partial charge in [-0.2, -0.15) is 4.31 Å². The van der Waals surface area contributed by atoms with Crippen molar-refractivity contribution >= 4 is 31.8 Å². The summed E-state index contributed by atoms with van der Waals surface area (Å²) in [5.41, 5.74) is 3.49. The predicted molar refractivity (Wildman–Crippen MR) is 128 cm³/mol. The highest BCUT2D eigenvalue weighted by Crippen LogP contribution is 2.34. The summed E-state index contributed by atoms with van der Waals surface area (Å²) in [6.07, 6.45) is 5.44. The molecule has 2 aromatic carbocycles. The molecule has 1 aliphatic heterocycles. The summed E-state index contributed by atoms with van der Waals surface area (Å²) >= 11 is 0. The number of hydrogen-bond donors (Lipinski definition) is 1. The Morgan fingerprint density at radius 3 is 2.44 bits per heavy atom. The van der Waals surface area contributed by atoms with Gasteiger partial charge in [0.05, 0.1) is 16.1 Å². The number of H-pyrrole nitrogens is 1. The van der Waals surface area contributed by atoms with Crippen molar-refractivity contribution < 1.29 is 8.42 Å². The zero-order valence-electron chi connectivity index (χ0n) is 18.6. The highest BCUT2D eigenvalue weighted by atomic mass is 32.2. The molecule has 1 fully saturated rings. The second-order valence-electron chi connectivity index (χ2n) is 9.52. The zero-order valence-corrected chi connectivity index (χ0v) is 19.4. The third kappa shape index (κ3) is 3.36. The lowest BCUT2D eigenvalue weighted by Crippen LogP contribution is -2.28. The van der Waals surface area contributed by atoms with Gasteiger partial charge in [0.15, 0.2) is 5.43 Å². The largest absolute Gasteiger partial charge is 0.361 e. The van der Waals surface area contributed by atoms with Gasteiger partial charge in [-0.3, -0.25) is 4.79 Å². The minimum atomic E-state index is -3.60. The van der Waals surface area contributed by atoms with Crippen molar-refractivity contribution in [2.24, 2.45) is 0 Å². The van der Waals surface area contributed by atoms with E-state index in [1.54, 1.807) is 18.3 Å². The van der Waals surface area contributed by atoms with E-state index in [9.17, 15) is 13.2 Å². The molecular weight excluding hydrogens is 422 g/mol. The third-order valence-corrected chi connectivity index (χ3v) is 8.20. The van der Waals surface area contributed by atoms with Crippen LogP contribution in [0.1, 0.15) is 39.2 Å². The average molecular weight is 450 g/mol. The Bertz CT molecular complexity index is 1500. The van der Waals surface area contributed by atoms with Crippen LogP contribution >= 0.6 is 0 Å². The van der Waals surface area contributed by atoms with Crippen molar-refractivity contribution in [3.05, 3.63) is 70.6 Å². The minimum Gasteiger partial charge on any atom is -0.361 e. The van der Waals surface area contributed by atoms with Gasteiger partial charge >= 0.3 is 0 Å². The number of sulfonamides is 1. The van der Waals surface area contributed by atoms with Gasteiger partial charge in [-0.05, 0) is 65.6 Å². The van der Waals surface area contributed by atoms with Crippen LogP contribution in [-0.4, -0.2) is 35.4 Å². The molecule has 0 radical (unpaired) electrons. The number of aromatic nitrogens is 2. The molecule has 2 aromatic heterocycles. The monoisotopic (exact) mass is 449 g/mol. The van der Waals surface area contributed by atoms with Crippen LogP contribution in [0.3, 0.4) is 0 Å². The Hall–Kier alpha value is -2.90. The number of benzene rings is 2. The Kier molecular flexibility index (Phi) is 4.80. The first kappa shape index (κ1) is 21.0. The fourth-order valence-electron chi connectivity index (χ4n) is 4.57. The van der Waals surface area contributed by atoms with Gasteiger partial charge < -0.3 is 9.55 Å². The van der Waals surface area contributed by atoms with Gasteiger partial charge in [0.1, 0.15) is 0 Å². The summed E-state index contributed by atoms with van der Waals surface area (Å²) in [7, 11) is -3.60. The van der Waals surface area contributed by atoms with Crippen LogP contribution in [0.2, 0.25) is 0 Å². The van der Waals surface area contributed by atoms with Gasteiger partial charge in [-0.15, -0.1) is 0 Å². The molecule has 0 unspecified atom stereocenters. The van der Waals surface area contributed by atoms with Crippen molar-refractivity contribution in [2.75, 3.05) is 13.1 Å². The fourth-order valence-corrected chi connectivity index (χ4v) is 6.12. The molecular formula is C25H27N3O3S. The normalized spacial score (nSPS) is 15.7. The van der Waals surface area contributed by atoms with Gasteiger partial charge in [0, 0.05) is 42.5 Å². The summed E-state index contributed by atoms with van der Waals surface area (Å²) in [5, 5.41) is 1.53. The zero-order chi connectivity index (χ0) is 22.7. The summed E-state index contributed by atoms with van der Waals surface area (Å²) in [6, 6.07) is 12.7. The molecule has 0 bridgehead atoms. The van der Waals surface area contributed by atoms with E-state index in [2.05, 4.69) is 37.9 Å². The second-order valence-corrected chi connectivity index (χ2v) is 11.5. The quantitative estimate of drug-likeness (QED) is 0.498. The van der Waals surface area contributed by atoms with E-state index in [0.717, 1.165) is 35.0 Å². The SMILES string of the molecule is CC(C)(C)c1cc2cc[nH]c2cc1-n1ccc(=O)c2cc(S(=O)(=O)N3CCCC3)ccc21. The predicted octanol–water partition coefficient (Wildman–Crippen LogP) is 4.55. The van der Waals surface area contributed by atoms with E-state index in [4.69, 9.17) is 0 Å². The van der Waals surface area contributed by atoms with Crippen LogP contribution in [0, 0.1) is 0 Å². The molecule has 0 saturated carbocycles. The van der Waals surface area contributed by atoms with Gasteiger partial charge in [-0.1, -0.05) is 20.8 Å². The number of nitrogens with one attached hydrogen (secondary N) is 1. The van der Waals surface area contributed by atoms with Crippen molar-refractivity contribution in [3.8, 4) is 5.69 Å². The first-order chi connectivity index (χ1) is 15.2. The number of pyridine rings is 1. The lowest BCUT2D eigenvalue weighted by molar-refractivity contribution is 0.477. The summed E-state index contributed by atoms with van der Waals surface area (Å²) in [5.74, 6) is 0. The number of hydrogen-bond acceptors (Lipinski definition) is 3. The number of nitrogens with zero attached hydrogens (tertiary/aromatic N) is 2. The Morgan fingerprint density at radius 2 is 1.72 bits per heavy atom. The van der Waals surface area contributed by atoms with Crippen molar-refractivity contribution in [1.29, 1.82) is 0 Å². The highest BCUT2D eigenvalue weighted by Gasteiger charge is 2.28. The van der Waals surface area contributed by atoms with Gasteiger partial charge in [0.25, 0.3) is 0 Å². The maximum Gasteiger partial charge on any atom is 0.243 e. The molecule has 5 rings (SSSR count). The van der Waals surface area contributed by atoms with E-state index >= 15 is 0 Å². The number of aromatic amines is 1. The van der Waals surface area contributed by atoms with Crippen LogP contribution in [0.5, 0.6) is 0 Å². The molecule has 4 aromatic rings. The molecule has 32 heavy (non-hydrogen) atoms. The first-order valence-electron chi connectivity index (χ1n) is 10.9. The van der Waals surface area contributed by atoms with E-state index in [1.165, 1.54) is 16.4 Å². The molecule has 7 heteroatoms. The summed E-state index contributed by atoms with van der Waals surface area (Å²) in [4.78, 5) is 16.2. The standard InChI is InChI=1S/C25H27N3O3S/c1-25(2,3)20-14-17-8-10-26-21(17)16-23(20)28-13-9-24(29)19-15-18(6-7-22(19)28)32(30,31)27-11-4-5-12-27/h6-10,13-16,26H,4-5,11-12H2,1-3H3. The van der Waals surface area contributed by atoms with E-state index in [0.29, 0.717) is 24.0 Å². The molecule has 0 spiro atoms.